The molecule has 0 aromatic heterocycles. The molecule has 0 fully saturated rings. The van der Waals surface area contributed by atoms with Gasteiger partial charge >= 0.3 is 6.18 Å². The first-order valence-electron chi connectivity index (χ1n) is 6.01. The molecule has 0 unspecified atom stereocenters. The van der Waals surface area contributed by atoms with Crippen LogP contribution < -0.4 is 10.6 Å². The smallest absolute Gasteiger partial charge is 0.362 e. The van der Waals surface area contributed by atoms with Gasteiger partial charge < -0.3 is 10.6 Å². The van der Waals surface area contributed by atoms with Crippen LogP contribution in [0.2, 0.25) is 0 Å². The van der Waals surface area contributed by atoms with E-state index in [0.717, 1.165) is 5.56 Å². The molecule has 0 saturated carbocycles. The van der Waals surface area contributed by atoms with Crippen molar-refractivity contribution in [3.63, 3.8) is 0 Å². The average molecular weight is 260 g/mol. The SMILES string of the molecule is CCCN(CC(F)(F)F)c1ccccc1[C@H](C)N. The lowest BCUT2D eigenvalue weighted by Gasteiger charge is -2.28. The van der Waals surface area contributed by atoms with Crippen molar-refractivity contribution < 1.29 is 13.2 Å². The molecule has 0 heterocycles. The van der Waals surface area contributed by atoms with Gasteiger partial charge in [-0.05, 0) is 25.0 Å². The van der Waals surface area contributed by atoms with Gasteiger partial charge in [0.05, 0.1) is 0 Å². The van der Waals surface area contributed by atoms with Gasteiger partial charge in [-0.2, -0.15) is 13.2 Å². The summed E-state index contributed by atoms with van der Waals surface area (Å²) in [6.07, 6.45) is -3.55. The van der Waals surface area contributed by atoms with Crippen LogP contribution in [0.3, 0.4) is 0 Å². The normalized spacial score (nSPS) is 13.4. The van der Waals surface area contributed by atoms with Crippen LogP contribution in [-0.2, 0) is 0 Å². The maximum atomic E-state index is 12.6. The number of hydrogen-bond donors (Lipinski definition) is 1. The van der Waals surface area contributed by atoms with E-state index in [9.17, 15) is 13.2 Å². The molecule has 5 heteroatoms. The van der Waals surface area contributed by atoms with Gasteiger partial charge in [0.15, 0.2) is 0 Å². The highest BCUT2D eigenvalue weighted by Gasteiger charge is 2.31. The van der Waals surface area contributed by atoms with E-state index >= 15 is 0 Å². The molecule has 102 valence electrons. The molecule has 0 bridgehead atoms. The first-order valence-corrected chi connectivity index (χ1v) is 6.01. The van der Waals surface area contributed by atoms with Gasteiger partial charge in [0.2, 0.25) is 0 Å². The van der Waals surface area contributed by atoms with Gasteiger partial charge in [0.1, 0.15) is 6.54 Å². The Kier molecular flexibility index (Phi) is 5.02. The topological polar surface area (TPSA) is 29.3 Å². The predicted octanol–water partition coefficient (Wildman–Crippen LogP) is 3.49. The highest BCUT2D eigenvalue weighted by molar-refractivity contribution is 5.55. The summed E-state index contributed by atoms with van der Waals surface area (Å²) in [5, 5.41) is 0. The van der Waals surface area contributed by atoms with E-state index in [4.69, 9.17) is 5.73 Å². The van der Waals surface area contributed by atoms with Crippen LogP contribution in [0.5, 0.6) is 0 Å². The quantitative estimate of drug-likeness (QED) is 0.878. The fourth-order valence-electron chi connectivity index (χ4n) is 1.93. The van der Waals surface area contributed by atoms with Crippen molar-refractivity contribution in [2.24, 2.45) is 5.73 Å². The van der Waals surface area contributed by atoms with Gasteiger partial charge in [-0.25, -0.2) is 0 Å². The number of anilines is 1. The van der Waals surface area contributed by atoms with E-state index in [-0.39, 0.29) is 6.04 Å². The summed E-state index contributed by atoms with van der Waals surface area (Å²) in [6, 6.07) is 6.72. The molecule has 0 spiro atoms. The third-order valence-electron chi connectivity index (χ3n) is 2.63. The van der Waals surface area contributed by atoms with Crippen LogP contribution in [0.25, 0.3) is 0 Å². The lowest BCUT2D eigenvalue weighted by Crippen LogP contribution is -2.35. The van der Waals surface area contributed by atoms with Crippen LogP contribution in [0.4, 0.5) is 18.9 Å². The number of hydrogen-bond acceptors (Lipinski definition) is 2. The summed E-state index contributed by atoms with van der Waals surface area (Å²) >= 11 is 0. The zero-order valence-corrected chi connectivity index (χ0v) is 10.7. The molecule has 1 aromatic rings. The van der Waals surface area contributed by atoms with E-state index in [1.54, 1.807) is 31.2 Å². The van der Waals surface area contributed by atoms with Crippen molar-refractivity contribution in [2.45, 2.75) is 32.5 Å². The minimum absolute atomic E-state index is 0.284. The summed E-state index contributed by atoms with van der Waals surface area (Å²) in [5.74, 6) is 0. The molecule has 0 aliphatic heterocycles. The summed E-state index contributed by atoms with van der Waals surface area (Å²) in [7, 11) is 0. The van der Waals surface area contributed by atoms with Gasteiger partial charge in [-0.15, -0.1) is 0 Å². The van der Waals surface area contributed by atoms with Crippen LogP contribution in [0.1, 0.15) is 31.9 Å². The van der Waals surface area contributed by atoms with Crippen molar-refractivity contribution in [2.75, 3.05) is 18.0 Å². The Bertz CT molecular complexity index is 375. The van der Waals surface area contributed by atoms with Gasteiger partial charge in [0, 0.05) is 18.3 Å². The Hall–Kier alpha value is -1.23. The van der Waals surface area contributed by atoms with Crippen LogP contribution in [-0.4, -0.2) is 19.3 Å². The first-order chi connectivity index (χ1) is 8.35. The van der Waals surface area contributed by atoms with Crippen molar-refractivity contribution in [1.82, 2.24) is 0 Å². The number of alkyl halides is 3. The van der Waals surface area contributed by atoms with Gasteiger partial charge in [-0.1, -0.05) is 25.1 Å². The minimum atomic E-state index is -4.21. The predicted molar refractivity (Wildman–Crippen MR) is 67.6 cm³/mol. The lowest BCUT2D eigenvalue weighted by atomic mass is 10.1. The Morgan fingerprint density at radius 2 is 1.89 bits per heavy atom. The molecular weight excluding hydrogens is 241 g/mol. The summed E-state index contributed by atoms with van der Waals surface area (Å²) in [6.45, 7) is 3.06. The average Bonchev–Trinajstić information content (AvgIpc) is 2.26. The lowest BCUT2D eigenvalue weighted by molar-refractivity contribution is -0.119. The second-order valence-corrected chi connectivity index (χ2v) is 4.38. The van der Waals surface area contributed by atoms with Crippen molar-refractivity contribution in [1.29, 1.82) is 0 Å². The number of benzene rings is 1. The van der Waals surface area contributed by atoms with Crippen LogP contribution in [0.15, 0.2) is 24.3 Å². The molecule has 0 amide bonds. The maximum absolute atomic E-state index is 12.6. The molecule has 2 N–H and O–H groups in total. The fourth-order valence-corrected chi connectivity index (χ4v) is 1.93. The van der Waals surface area contributed by atoms with Crippen LogP contribution >= 0.6 is 0 Å². The summed E-state index contributed by atoms with van der Waals surface area (Å²) in [5.41, 5.74) is 7.13. The molecule has 1 aromatic carbocycles. The van der Waals surface area contributed by atoms with Crippen molar-refractivity contribution in [3.05, 3.63) is 29.8 Å². The number of nitrogens with zero attached hydrogens (tertiary/aromatic N) is 1. The molecule has 0 radical (unpaired) electrons. The summed E-state index contributed by atoms with van der Waals surface area (Å²) < 4.78 is 37.7. The van der Waals surface area contributed by atoms with Gasteiger partial charge in [-0.3, -0.25) is 0 Å². The standard InChI is InChI=1S/C13H19F3N2/c1-3-8-18(9-13(14,15)16)12-7-5-4-6-11(12)10(2)17/h4-7,10H,3,8-9,17H2,1-2H3/t10-/m0/s1. The minimum Gasteiger partial charge on any atom is -0.362 e. The van der Waals surface area contributed by atoms with E-state index in [0.29, 0.717) is 18.7 Å². The number of halogens is 3. The summed E-state index contributed by atoms with van der Waals surface area (Å²) in [4.78, 5) is 1.35. The molecule has 0 aliphatic carbocycles. The first kappa shape index (κ1) is 14.8. The number of para-hydroxylation sites is 1. The Balaban J connectivity index is 3.05. The molecule has 0 saturated heterocycles. The fraction of sp³-hybridized carbons (Fsp3) is 0.538. The molecule has 0 aliphatic rings. The second kappa shape index (κ2) is 6.09. The van der Waals surface area contributed by atoms with Crippen LogP contribution in [0, 0.1) is 0 Å². The number of rotatable bonds is 5. The number of nitrogens with two attached hydrogens (primary N) is 1. The zero-order valence-electron chi connectivity index (χ0n) is 10.7. The monoisotopic (exact) mass is 260 g/mol. The molecule has 18 heavy (non-hydrogen) atoms. The molecule has 2 nitrogen and oxygen atoms in total. The van der Waals surface area contributed by atoms with Crippen molar-refractivity contribution in [3.8, 4) is 0 Å². The highest BCUT2D eigenvalue weighted by atomic mass is 19.4. The third kappa shape index (κ3) is 4.22. The largest absolute Gasteiger partial charge is 0.405 e. The Morgan fingerprint density at radius 3 is 2.39 bits per heavy atom. The van der Waals surface area contributed by atoms with E-state index in [1.807, 2.05) is 6.92 Å². The molecular formula is C13H19F3N2. The zero-order chi connectivity index (χ0) is 13.8. The second-order valence-electron chi connectivity index (χ2n) is 4.38. The van der Waals surface area contributed by atoms with E-state index in [2.05, 4.69) is 0 Å². The highest BCUT2D eigenvalue weighted by Crippen LogP contribution is 2.28. The van der Waals surface area contributed by atoms with E-state index in [1.165, 1.54) is 4.90 Å². The maximum Gasteiger partial charge on any atom is 0.405 e. The van der Waals surface area contributed by atoms with E-state index < -0.39 is 12.7 Å². The molecule has 1 atom stereocenters. The Morgan fingerprint density at radius 1 is 1.28 bits per heavy atom. The van der Waals surface area contributed by atoms with Gasteiger partial charge in [0.25, 0.3) is 0 Å². The third-order valence-corrected chi connectivity index (χ3v) is 2.63. The molecule has 1 rings (SSSR count). The Labute approximate surface area is 106 Å². The van der Waals surface area contributed by atoms with Crippen molar-refractivity contribution >= 4 is 5.69 Å².